The van der Waals surface area contributed by atoms with E-state index >= 15 is 0 Å². The summed E-state index contributed by atoms with van der Waals surface area (Å²) in [5.74, 6) is -0.523. The highest BCUT2D eigenvalue weighted by Gasteiger charge is 2.00. The van der Waals surface area contributed by atoms with Gasteiger partial charge in [-0.1, -0.05) is 12.1 Å². The van der Waals surface area contributed by atoms with Gasteiger partial charge in [0.2, 0.25) is 0 Å². The second kappa shape index (κ2) is 5.98. The standard InChI is InChI=1S/C15H13FN2O/c16-14-5-13(6-15(19)7-14)10-18-9-12-3-1-11(8-17)2-4-12/h1-7,18-19H,9-10H2. The van der Waals surface area contributed by atoms with Gasteiger partial charge in [0, 0.05) is 19.2 Å². The molecule has 0 aliphatic carbocycles. The minimum atomic E-state index is -0.449. The average molecular weight is 256 g/mol. The molecule has 0 heterocycles. The fourth-order valence-electron chi connectivity index (χ4n) is 1.78. The predicted octanol–water partition coefficient (Wildman–Crippen LogP) is 2.69. The molecule has 0 aromatic heterocycles. The molecule has 0 saturated carbocycles. The lowest BCUT2D eigenvalue weighted by atomic mass is 10.1. The van der Waals surface area contributed by atoms with Gasteiger partial charge in [0.15, 0.2) is 0 Å². The van der Waals surface area contributed by atoms with E-state index in [4.69, 9.17) is 5.26 Å². The second-order valence-electron chi connectivity index (χ2n) is 4.23. The molecule has 4 heteroatoms. The van der Waals surface area contributed by atoms with Crippen LogP contribution in [0.1, 0.15) is 16.7 Å². The first-order valence-electron chi connectivity index (χ1n) is 5.85. The van der Waals surface area contributed by atoms with Crippen molar-refractivity contribution in [1.29, 1.82) is 5.26 Å². The molecule has 2 aromatic rings. The fourth-order valence-corrected chi connectivity index (χ4v) is 1.78. The van der Waals surface area contributed by atoms with Gasteiger partial charge in [-0.15, -0.1) is 0 Å². The third-order valence-corrected chi connectivity index (χ3v) is 2.68. The third-order valence-electron chi connectivity index (χ3n) is 2.68. The molecular weight excluding hydrogens is 243 g/mol. The molecule has 19 heavy (non-hydrogen) atoms. The Hall–Kier alpha value is -2.38. The number of hydrogen-bond donors (Lipinski definition) is 2. The zero-order valence-electron chi connectivity index (χ0n) is 10.2. The average Bonchev–Trinajstić information content (AvgIpc) is 2.38. The number of halogens is 1. The van der Waals surface area contributed by atoms with Crippen molar-refractivity contribution in [2.45, 2.75) is 13.1 Å². The molecule has 0 amide bonds. The third kappa shape index (κ3) is 3.80. The summed E-state index contributed by atoms with van der Waals surface area (Å²) in [4.78, 5) is 0. The normalized spacial score (nSPS) is 10.1. The van der Waals surface area contributed by atoms with Gasteiger partial charge < -0.3 is 10.4 Å². The van der Waals surface area contributed by atoms with E-state index in [1.165, 1.54) is 12.1 Å². The molecule has 0 unspecified atom stereocenters. The summed E-state index contributed by atoms with van der Waals surface area (Å²) in [6.45, 7) is 1.08. The van der Waals surface area contributed by atoms with Crippen molar-refractivity contribution in [3.8, 4) is 11.8 Å². The summed E-state index contributed by atoms with van der Waals surface area (Å²) < 4.78 is 13.0. The molecule has 2 rings (SSSR count). The van der Waals surface area contributed by atoms with E-state index in [0.717, 1.165) is 11.6 Å². The maximum absolute atomic E-state index is 13.0. The molecular formula is C15H13FN2O. The molecule has 0 atom stereocenters. The molecule has 3 nitrogen and oxygen atoms in total. The molecule has 2 aromatic carbocycles. The highest BCUT2D eigenvalue weighted by molar-refractivity contribution is 5.32. The monoisotopic (exact) mass is 256 g/mol. The van der Waals surface area contributed by atoms with Gasteiger partial charge in [0.1, 0.15) is 11.6 Å². The van der Waals surface area contributed by atoms with Gasteiger partial charge in [-0.2, -0.15) is 5.26 Å². The zero-order chi connectivity index (χ0) is 13.7. The molecule has 0 aliphatic rings. The van der Waals surface area contributed by atoms with Crippen molar-refractivity contribution < 1.29 is 9.50 Å². The van der Waals surface area contributed by atoms with Gasteiger partial charge >= 0.3 is 0 Å². The van der Waals surface area contributed by atoms with Crippen LogP contribution in [0.5, 0.6) is 5.75 Å². The van der Waals surface area contributed by atoms with Crippen molar-refractivity contribution in [2.24, 2.45) is 0 Å². The highest BCUT2D eigenvalue weighted by Crippen LogP contribution is 2.14. The van der Waals surface area contributed by atoms with Crippen LogP contribution < -0.4 is 5.32 Å². The maximum atomic E-state index is 13.0. The molecule has 0 aliphatic heterocycles. The number of benzene rings is 2. The minimum absolute atomic E-state index is 0.0739. The van der Waals surface area contributed by atoms with E-state index in [1.54, 1.807) is 12.1 Å². The summed E-state index contributed by atoms with van der Waals surface area (Å²) in [5, 5.41) is 21.1. The van der Waals surface area contributed by atoms with Crippen LogP contribution in [0.3, 0.4) is 0 Å². The van der Waals surface area contributed by atoms with Crippen molar-refractivity contribution >= 4 is 0 Å². The van der Waals surface area contributed by atoms with E-state index in [9.17, 15) is 9.50 Å². The molecule has 0 spiro atoms. The van der Waals surface area contributed by atoms with Crippen LogP contribution >= 0.6 is 0 Å². The number of nitrogens with one attached hydrogen (secondary N) is 1. The molecule has 0 radical (unpaired) electrons. The van der Waals surface area contributed by atoms with Gasteiger partial charge in [-0.05, 0) is 35.4 Å². The predicted molar refractivity (Wildman–Crippen MR) is 69.8 cm³/mol. The Morgan fingerprint density at radius 3 is 2.37 bits per heavy atom. The van der Waals surface area contributed by atoms with Crippen LogP contribution in [0.2, 0.25) is 0 Å². The Bertz CT molecular complexity index is 582. The minimum Gasteiger partial charge on any atom is -0.508 e. The first-order valence-corrected chi connectivity index (χ1v) is 5.85. The van der Waals surface area contributed by atoms with E-state index in [-0.39, 0.29) is 5.75 Å². The van der Waals surface area contributed by atoms with Crippen LogP contribution in [0, 0.1) is 17.1 Å². The molecule has 0 bridgehead atoms. The largest absolute Gasteiger partial charge is 0.508 e. The lowest BCUT2D eigenvalue weighted by molar-refractivity contribution is 0.467. The summed E-state index contributed by atoms with van der Waals surface area (Å²) in [5.41, 5.74) is 2.35. The Morgan fingerprint density at radius 1 is 1.05 bits per heavy atom. The number of hydrogen-bond acceptors (Lipinski definition) is 3. The summed E-state index contributed by atoms with van der Waals surface area (Å²) in [6.07, 6.45) is 0. The number of nitrogens with zero attached hydrogens (tertiary/aromatic N) is 1. The van der Waals surface area contributed by atoms with Gasteiger partial charge in [-0.3, -0.25) is 0 Å². The summed E-state index contributed by atoms with van der Waals surface area (Å²) in [6, 6.07) is 13.3. The SMILES string of the molecule is N#Cc1ccc(CNCc2cc(O)cc(F)c2)cc1. The van der Waals surface area contributed by atoms with Crippen LogP contribution in [0.25, 0.3) is 0 Å². The maximum Gasteiger partial charge on any atom is 0.127 e. The van der Waals surface area contributed by atoms with E-state index in [1.807, 2.05) is 12.1 Å². The quantitative estimate of drug-likeness (QED) is 0.884. The second-order valence-corrected chi connectivity index (χ2v) is 4.23. The Morgan fingerprint density at radius 2 is 1.74 bits per heavy atom. The number of aromatic hydroxyl groups is 1. The van der Waals surface area contributed by atoms with Crippen molar-refractivity contribution in [3.05, 3.63) is 65.0 Å². The Labute approximate surface area is 110 Å². The number of rotatable bonds is 4. The van der Waals surface area contributed by atoms with Gasteiger partial charge in [0.25, 0.3) is 0 Å². The first kappa shape index (κ1) is 13.1. The Balaban J connectivity index is 1.90. The molecule has 96 valence electrons. The van der Waals surface area contributed by atoms with Crippen LogP contribution in [0.4, 0.5) is 4.39 Å². The van der Waals surface area contributed by atoms with Crippen molar-refractivity contribution in [2.75, 3.05) is 0 Å². The molecule has 0 saturated heterocycles. The van der Waals surface area contributed by atoms with Crippen LogP contribution in [-0.4, -0.2) is 5.11 Å². The molecule has 2 N–H and O–H groups in total. The fraction of sp³-hybridized carbons (Fsp3) is 0.133. The summed E-state index contributed by atoms with van der Waals surface area (Å²) >= 11 is 0. The Kier molecular flexibility index (Phi) is 4.11. The van der Waals surface area contributed by atoms with E-state index in [0.29, 0.717) is 24.2 Å². The highest BCUT2D eigenvalue weighted by atomic mass is 19.1. The smallest absolute Gasteiger partial charge is 0.127 e. The van der Waals surface area contributed by atoms with Gasteiger partial charge in [-0.25, -0.2) is 4.39 Å². The van der Waals surface area contributed by atoms with Crippen LogP contribution in [0.15, 0.2) is 42.5 Å². The molecule has 0 fully saturated rings. The van der Waals surface area contributed by atoms with Gasteiger partial charge in [0.05, 0.1) is 11.6 Å². The van der Waals surface area contributed by atoms with E-state index < -0.39 is 5.82 Å². The number of nitriles is 1. The first-order chi connectivity index (χ1) is 9.17. The van der Waals surface area contributed by atoms with Crippen molar-refractivity contribution in [1.82, 2.24) is 5.32 Å². The number of phenols is 1. The van der Waals surface area contributed by atoms with Crippen molar-refractivity contribution in [3.63, 3.8) is 0 Å². The number of phenolic OH excluding ortho intramolecular Hbond substituents is 1. The zero-order valence-corrected chi connectivity index (χ0v) is 10.2. The topological polar surface area (TPSA) is 56.0 Å². The summed E-state index contributed by atoms with van der Waals surface area (Å²) in [7, 11) is 0. The van der Waals surface area contributed by atoms with E-state index in [2.05, 4.69) is 11.4 Å². The lowest BCUT2D eigenvalue weighted by Crippen LogP contribution is -2.12. The lowest BCUT2D eigenvalue weighted by Gasteiger charge is -2.06. The van der Waals surface area contributed by atoms with Crippen LogP contribution in [-0.2, 0) is 13.1 Å².